The highest BCUT2D eigenvalue weighted by molar-refractivity contribution is 6.07. The van der Waals surface area contributed by atoms with Crippen molar-refractivity contribution in [1.29, 1.82) is 0 Å². The molecule has 0 radical (unpaired) electrons. The number of carbonyl (C=O) groups is 2. The highest BCUT2D eigenvalue weighted by Crippen LogP contribution is 2.25. The Morgan fingerprint density at radius 1 is 1.26 bits per heavy atom. The molecule has 1 aliphatic heterocycles. The van der Waals surface area contributed by atoms with Gasteiger partial charge in [0.15, 0.2) is 5.54 Å². The van der Waals surface area contributed by atoms with Gasteiger partial charge in [0.05, 0.1) is 6.61 Å². The van der Waals surface area contributed by atoms with Gasteiger partial charge in [-0.15, -0.1) is 0 Å². The van der Waals surface area contributed by atoms with Crippen molar-refractivity contribution in [2.24, 2.45) is 5.73 Å². The molecule has 1 aromatic carbocycles. The minimum Gasteiger partial charge on any atom is -0.494 e. The van der Waals surface area contributed by atoms with Gasteiger partial charge < -0.3 is 15.8 Å². The summed E-state index contributed by atoms with van der Waals surface area (Å²) in [5.41, 5.74) is 5.13. The lowest BCUT2D eigenvalue weighted by atomic mass is 9.90. The average molecular weight is 263 g/mol. The van der Waals surface area contributed by atoms with Gasteiger partial charge in [0.1, 0.15) is 5.75 Å². The van der Waals surface area contributed by atoms with Gasteiger partial charge >= 0.3 is 6.03 Å². The summed E-state index contributed by atoms with van der Waals surface area (Å²) in [5.74, 6) is 0.296. The van der Waals surface area contributed by atoms with Crippen LogP contribution in [0, 0.1) is 0 Å². The van der Waals surface area contributed by atoms with E-state index in [1.165, 1.54) is 0 Å². The molecule has 3 amide bonds. The fourth-order valence-corrected chi connectivity index (χ4v) is 2.01. The van der Waals surface area contributed by atoms with Gasteiger partial charge in [-0.1, -0.05) is 19.1 Å². The molecule has 19 heavy (non-hydrogen) atoms. The number of hydrogen-bond donors (Lipinski definition) is 3. The predicted molar refractivity (Wildman–Crippen MR) is 69.6 cm³/mol. The van der Waals surface area contributed by atoms with Gasteiger partial charge in [-0.05, 0) is 24.1 Å². The number of hydrogen-bond acceptors (Lipinski definition) is 4. The zero-order valence-electron chi connectivity index (χ0n) is 10.7. The van der Waals surface area contributed by atoms with E-state index in [1.807, 2.05) is 6.92 Å². The molecule has 0 spiro atoms. The molecular formula is C13H17N3O3. The Labute approximate surface area is 111 Å². The van der Waals surface area contributed by atoms with Crippen LogP contribution in [0.15, 0.2) is 24.3 Å². The van der Waals surface area contributed by atoms with E-state index < -0.39 is 17.5 Å². The minimum absolute atomic E-state index is 0.000261. The second kappa shape index (κ2) is 5.27. The molecule has 102 valence electrons. The topological polar surface area (TPSA) is 93.4 Å². The van der Waals surface area contributed by atoms with Gasteiger partial charge in [0.2, 0.25) is 0 Å². The number of rotatable bonds is 5. The van der Waals surface area contributed by atoms with Crippen molar-refractivity contribution in [2.45, 2.75) is 18.9 Å². The van der Waals surface area contributed by atoms with Crippen LogP contribution in [0.25, 0.3) is 0 Å². The lowest BCUT2D eigenvalue weighted by Crippen LogP contribution is -2.49. The van der Waals surface area contributed by atoms with E-state index in [4.69, 9.17) is 10.5 Å². The number of carbonyl (C=O) groups excluding carboxylic acids is 2. The Balaban J connectivity index is 2.25. The summed E-state index contributed by atoms with van der Waals surface area (Å²) in [6.07, 6.45) is 0.924. The summed E-state index contributed by atoms with van der Waals surface area (Å²) in [6, 6.07) is 6.48. The van der Waals surface area contributed by atoms with Crippen molar-refractivity contribution in [2.75, 3.05) is 13.2 Å². The van der Waals surface area contributed by atoms with Crippen LogP contribution in [-0.4, -0.2) is 25.1 Å². The molecule has 1 aromatic rings. The third-order valence-corrected chi connectivity index (χ3v) is 3.07. The number of nitrogens with two attached hydrogens (primary N) is 1. The zero-order chi connectivity index (χ0) is 13.9. The Morgan fingerprint density at radius 2 is 1.95 bits per heavy atom. The summed E-state index contributed by atoms with van der Waals surface area (Å²) in [5, 5.41) is 4.79. The van der Waals surface area contributed by atoms with Gasteiger partial charge in [0.25, 0.3) is 5.91 Å². The molecule has 6 heteroatoms. The maximum atomic E-state index is 11.9. The number of urea groups is 1. The molecule has 1 saturated heterocycles. The molecule has 1 aliphatic rings. The first-order valence-electron chi connectivity index (χ1n) is 6.19. The standard InChI is InChI=1S/C13H17N3O3/c1-2-7-19-10-5-3-9(4-6-10)13(8-14)11(17)15-12(18)16-13/h3-6H,2,7-8,14H2,1H3,(H2,15,16,17,18). The number of nitrogens with one attached hydrogen (secondary N) is 2. The van der Waals surface area contributed by atoms with Crippen LogP contribution in [0.2, 0.25) is 0 Å². The summed E-state index contributed by atoms with van der Waals surface area (Å²) in [4.78, 5) is 23.2. The van der Waals surface area contributed by atoms with Crippen molar-refractivity contribution in [3.05, 3.63) is 29.8 Å². The van der Waals surface area contributed by atoms with Gasteiger partial charge in [0, 0.05) is 6.54 Å². The number of imide groups is 1. The molecule has 2 rings (SSSR count). The quantitative estimate of drug-likeness (QED) is 0.673. The summed E-state index contributed by atoms with van der Waals surface area (Å²) < 4.78 is 5.47. The SMILES string of the molecule is CCCOc1ccc(C2(CN)NC(=O)NC2=O)cc1. The van der Waals surface area contributed by atoms with Crippen LogP contribution >= 0.6 is 0 Å². The minimum atomic E-state index is -1.18. The monoisotopic (exact) mass is 263 g/mol. The smallest absolute Gasteiger partial charge is 0.322 e. The van der Waals surface area contributed by atoms with Crippen LogP contribution < -0.4 is 21.1 Å². The van der Waals surface area contributed by atoms with Crippen molar-refractivity contribution >= 4 is 11.9 Å². The second-order valence-corrected chi connectivity index (χ2v) is 4.39. The average Bonchev–Trinajstić information content (AvgIpc) is 2.72. The zero-order valence-corrected chi connectivity index (χ0v) is 10.7. The van der Waals surface area contributed by atoms with E-state index in [2.05, 4.69) is 10.6 Å². The summed E-state index contributed by atoms with van der Waals surface area (Å²) >= 11 is 0. The molecule has 1 atom stereocenters. The molecule has 1 fully saturated rings. The molecule has 1 unspecified atom stereocenters. The number of amides is 3. The van der Waals surface area contributed by atoms with Crippen LogP contribution in [0.5, 0.6) is 5.75 Å². The first kappa shape index (κ1) is 13.4. The predicted octanol–water partition coefficient (Wildman–Crippen LogP) is 0.469. The van der Waals surface area contributed by atoms with Crippen molar-refractivity contribution in [3.8, 4) is 5.75 Å². The molecule has 6 nitrogen and oxygen atoms in total. The third kappa shape index (κ3) is 2.39. The fourth-order valence-electron chi connectivity index (χ4n) is 2.01. The molecular weight excluding hydrogens is 246 g/mol. The van der Waals surface area contributed by atoms with Crippen LogP contribution in [0.1, 0.15) is 18.9 Å². The van der Waals surface area contributed by atoms with Gasteiger partial charge in [-0.2, -0.15) is 0 Å². The fraction of sp³-hybridized carbons (Fsp3) is 0.385. The van der Waals surface area contributed by atoms with E-state index in [-0.39, 0.29) is 6.54 Å². The van der Waals surface area contributed by atoms with Gasteiger partial charge in [-0.3, -0.25) is 10.1 Å². The lowest BCUT2D eigenvalue weighted by molar-refractivity contribution is -0.123. The molecule has 0 saturated carbocycles. The maximum absolute atomic E-state index is 11.9. The Morgan fingerprint density at radius 3 is 2.42 bits per heavy atom. The van der Waals surface area contributed by atoms with E-state index in [1.54, 1.807) is 24.3 Å². The largest absolute Gasteiger partial charge is 0.494 e. The Bertz CT molecular complexity index is 486. The molecule has 1 heterocycles. The van der Waals surface area contributed by atoms with Crippen molar-refractivity contribution < 1.29 is 14.3 Å². The van der Waals surface area contributed by atoms with E-state index in [0.29, 0.717) is 12.2 Å². The first-order chi connectivity index (χ1) is 9.12. The van der Waals surface area contributed by atoms with Crippen molar-refractivity contribution in [3.63, 3.8) is 0 Å². The third-order valence-electron chi connectivity index (χ3n) is 3.07. The second-order valence-electron chi connectivity index (χ2n) is 4.39. The van der Waals surface area contributed by atoms with E-state index >= 15 is 0 Å². The van der Waals surface area contributed by atoms with E-state index in [9.17, 15) is 9.59 Å². The van der Waals surface area contributed by atoms with Crippen LogP contribution in [0.4, 0.5) is 4.79 Å². The molecule has 0 aromatic heterocycles. The first-order valence-corrected chi connectivity index (χ1v) is 6.19. The Kier molecular flexibility index (Phi) is 3.71. The number of benzene rings is 1. The molecule has 0 aliphatic carbocycles. The van der Waals surface area contributed by atoms with Crippen LogP contribution in [0.3, 0.4) is 0 Å². The lowest BCUT2D eigenvalue weighted by Gasteiger charge is -2.24. The highest BCUT2D eigenvalue weighted by atomic mass is 16.5. The number of ether oxygens (including phenoxy) is 1. The molecule has 0 bridgehead atoms. The normalized spacial score (nSPS) is 22.0. The Hall–Kier alpha value is -2.08. The highest BCUT2D eigenvalue weighted by Gasteiger charge is 2.46. The van der Waals surface area contributed by atoms with Gasteiger partial charge in [-0.25, -0.2) is 4.79 Å². The van der Waals surface area contributed by atoms with E-state index in [0.717, 1.165) is 12.2 Å². The summed E-state index contributed by atoms with van der Waals surface area (Å²) in [7, 11) is 0. The maximum Gasteiger partial charge on any atom is 0.322 e. The molecule has 4 N–H and O–H groups in total. The van der Waals surface area contributed by atoms with Crippen molar-refractivity contribution in [1.82, 2.24) is 10.6 Å². The van der Waals surface area contributed by atoms with Crippen LogP contribution in [-0.2, 0) is 10.3 Å². The summed E-state index contributed by atoms with van der Waals surface area (Å²) in [6.45, 7) is 2.66.